The normalized spacial score (nSPS) is 10.7. The average molecular weight is 427 g/mol. The lowest BCUT2D eigenvalue weighted by atomic mass is 10.2. The van der Waals surface area contributed by atoms with Crippen LogP contribution in [0.25, 0.3) is 0 Å². The second-order valence-electron chi connectivity index (χ2n) is 4.91. The van der Waals surface area contributed by atoms with Crippen LogP contribution in [0.2, 0.25) is 5.02 Å². The average Bonchev–Trinajstić information content (AvgIpc) is 2.55. The maximum Gasteiger partial charge on any atom is 0.332 e. The van der Waals surface area contributed by atoms with Gasteiger partial charge in [0.05, 0.1) is 17.3 Å². The first-order valence-corrected chi connectivity index (χ1v) is 8.58. The molecule has 0 saturated carbocycles. The van der Waals surface area contributed by atoms with Gasteiger partial charge in [-0.25, -0.2) is 10.2 Å². The molecule has 0 saturated heterocycles. The number of rotatable bonds is 7. The number of hydrazone groups is 1. The zero-order chi connectivity index (χ0) is 18.2. The van der Waals surface area contributed by atoms with Crippen molar-refractivity contribution in [2.75, 3.05) is 6.61 Å². The number of primary amides is 1. The number of urea groups is 1. The molecule has 0 aliphatic carbocycles. The minimum atomic E-state index is -0.733. The third-order valence-electron chi connectivity index (χ3n) is 3.02. The summed E-state index contributed by atoms with van der Waals surface area (Å²) < 4.78 is 12.2. The molecule has 132 valence electrons. The molecule has 0 heterocycles. The van der Waals surface area contributed by atoms with Crippen molar-refractivity contribution in [3.05, 3.63) is 57.0 Å². The van der Waals surface area contributed by atoms with Gasteiger partial charge >= 0.3 is 6.03 Å². The quantitative estimate of drug-likeness (QED) is 0.516. The largest absolute Gasteiger partial charge is 0.490 e. The molecule has 0 atom stereocenters. The van der Waals surface area contributed by atoms with Gasteiger partial charge in [-0.1, -0.05) is 23.7 Å². The van der Waals surface area contributed by atoms with E-state index in [9.17, 15) is 4.79 Å². The van der Waals surface area contributed by atoms with E-state index in [1.807, 2.05) is 31.2 Å². The topological polar surface area (TPSA) is 85.9 Å². The van der Waals surface area contributed by atoms with Crippen molar-refractivity contribution in [3.8, 4) is 11.5 Å². The minimum Gasteiger partial charge on any atom is -0.490 e. The Morgan fingerprint density at radius 2 is 2.04 bits per heavy atom. The number of ether oxygens (including phenoxy) is 2. The summed E-state index contributed by atoms with van der Waals surface area (Å²) in [5.74, 6) is 1.14. The summed E-state index contributed by atoms with van der Waals surface area (Å²) in [6, 6.07) is 10.2. The van der Waals surface area contributed by atoms with Crippen molar-refractivity contribution >= 4 is 39.8 Å². The number of nitrogens with two attached hydrogens (primary N) is 1. The highest BCUT2D eigenvalue weighted by Crippen LogP contribution is 2.37. The standard InChI is InChI=1S/C17H17BrClN3O3/c1-2-24-15-8-12(9-21-22-17(20)23)7-14(18)16(15)25-10-11-3-5-13(19)6-4-11/h3-9H,2,10H2,1H3,(H3,20,22,23)/b21-9+. The molecule has 0 fully saturated rings. The van der Waals surface area contributed by atoms with E-state index in [1.165, 1.54) is 6.21 Å². The third-order valence-corrected chi connectivity index (χ3v) is 3.86. The Balaban J connectivity index is 2.19. The Morgan fingerprint density at radius 1 is 1.32 bits per heavy atom. The van der Waals surface area contributed by atoms with Gasteiger partial charge in [0.25, 0.3) is 0 Å². The second kappa shape index (κ2) is 9.29. The monoisotopic (exact) mass is 425 g/mol. The van der Waals surface area contributed by atoms with Crippen LogP contribution in [-0.2, 0) is 6.61 Å². The van der Waals surface area contributed by atoms with E-state index in [4.69, 9.17) is 26.8 Å². The van der Waals surface area contributed by atoms with Crippen LogP contribution < -0.4 is 20.6 Å². The van der Waals surface area contributed by atoms with Gasteiger partial charge in [-0.15, -0.1) is 0 Å². The molecule has 3 N–H and O–H groups in total. The van der Waals surface area contributed by atoms with Gasteiger partial charge in [0.1, 0.15) is 6.61 Å². The Hall–Kier alpha value is -2.25. The van der Waals surface area contributed by atoms with Crippen LogP contribution in [0, 0.1) is 0 Å². The number of amides is 2. The summed E-state index contributed by atoms with van der Waals surface area (Å²) in [5, 5.41) is 4.41. The van der Waals surface area contributed by atoms with Crippen LogP contribution in [0.1, 0.15) is 18.1 Å². The summed E-state index contributed by atoms with van der Waals surface area (Å²) in [6.07, 6.45) is 1.46. The highest BCUT2D eigenvalue weighted by Gasteiger charge is 2.12. The smallest absolute Gasteiger partial charge is 0.332 e. The van der Waals surface area contributed by atoms with Crippen LogP contribution in [0.5, 0.6) is 11.5 Å². The number of nitrogens with one attached hydrogen (secondary N) is 1. The fourth-order valence-corrected chi connectivity index (χ4v) is 2.67. The molecule has 0 radical (unpaired) electrons. The van der Waals surface area contributed by atoms with Gasteiger partial charge in [0, 0.05) is 5.02 Å². The Bertz CT molecular complexity index is 766. The highest BCUT2D eigenvalue weighted by molar-refractivity contribution is 9.10. The number of nitrogens with zero attached hydrogens (tertiary/aromatic N) is 1. The van der Waals surface area contributed by atoms with Gasteiger partial charge in [-0.2, -0.15) is 5.10 Å². The van der Waals surface area contributed by atoms with E-state index in [0.717, 1.165) is 5.56 Å². The van der Waals surface area contributed by atoms with Crippen LogP contribution in [-0.4, -0.2) is 18.9 Å². The number of hydrogen-bond acceptors (Lipinski definition) is 4. The molecule has 0 aliphatic rings. The van der Waals surface area contributed by atoms with Crippen molar-refractivity contribution in [2.45, 2.75) is 13.5 Å². The fraction of sp³-hybridized carbons (Fsp3) is 0.176. The summed E-state index contributed by atoms with van der Waals surface area (Å²) in [7, 11) is 0. The predicted molar refractivity (Wildman–Crippen MR) is 101 cm³/mol. The van der Waals surface area contributed by atoms with Crippen LogP contribution >= 0.6 is 27.5 Å². The zero-order valence-corrected chi connectivity index (χ0v) is 15.8. The number of benzene rings is 2. The lowest BCUT2D eigenvalue weighted by molar-refractivity contribution is 0.249. The predicted octanol–water partition coefficient (Wildman–Crippen LogP) is 4.08. The Morgan fingerprint density at radius 3 is 2.68 bits per heavy atom. The van der Waals surface area contributed by atoms with Gasteiger partial charge in [-0.05, 0) is 58.2 Å². The SMILES string of the molecule is CCOc1cc(/C=N/NC(N)=O)cc(Br)c1OCc1ccc(Cl)cc1. The fourth-order valence-electron chi connectivity index (χ4n) is 1.97. The number of halogens is 2. The number of carbonyl (C=O) groups is 1. The van der Waals surface area contributed by atoms with Crippen molar-refractivity contribution in [1.29, 1.82) is 0 Å². The van der Waals surface area contributed by atoms with E-state index in [2.05, 4.69) is 26.5 Å². The molecule has 6 nitrogen and oxygen atoms in total. The Labute approximate surface area is 159 Å². The molecule has 25 heavy (non-hydrogen) atoms. The molecule has 2 rings (SSSR count). The first kappa shape index (κ1) is 19.1. The van der Waals surface area contributed by atoms with Gasteiger partial charge in [0.15, 0.2) is 11.5 Å². The second-order valence-corrected chi connectivity index (χ2v) is 6.20. The molecular weight excluding hydrogens is 410 g/mol. The maximum atomic E-state index is 10.7. The summed E-state index contributed by atoms with van der Waals surface area (Å²) in [4.78, 5) is 10.7. The maximum absolute atomic E-state index is 10.7. The third kappa shape index (κ3) is 5.95. The summed E-state index contributed by atoms with van der Waals surface area (Å²) in [6.45, 7) is 2.72. The van der Waals surface area contributed by atoms with E-state index >= 15 is 0 Å². The molecule has 2 aromatic carbocycles. The molecule has 0 unspecified atom stereocenters. The molecule has 0 bridgehead atoms. The first-order valence-electron chi connectivity index (χ1n) is 7.41. The van der Waals surface area contributed by atoms with E-state index in [-0.39, 0.29) is 0 Å². The van der Waals surface area contributed by atoms with Crippen LogP contribution in [0.4, 0.5) is 4.79 Å². The molecule has 8 heteroatoms. The van der Waals surface area contributed by atoms with Crippen molar-refractivity contribution in [3.63, 3.8) is 0 Å². The van der Waals surface area contributed by atoms with Gasteiger partial charge < -0.3 is 15.2 Å². The van der Waals surface area contributed by atoms with E-state index in [1.54, 1.807) is 12.1 Å². The van der Waals surface area contributed by atoms with Crippen molar-refractivity contribution in [2.24, 2.45) is 10.8 Å². The van der Waals surface area contributed by atoms with Gasteiger partial charge in [0.2, 0.25) is 0 Å². The lowest BCUT2D eigenvalue weighted by Gasteiger charge is -2.14. The van der Waals surface area contributed by atoms with Crippen molar-refractivity contribution < 1.29 is 14.3 Å². The molecule has 0 aliphatic heterocycles. The van der Waals surface area contributed by atoms with Crippen molar-refractivity contribution in [1.82, 2.24) is 5.43 Å². The minimum absolute atomic E-state index is 0.368. The molecular formula is C17H17BrClN3O3. The zero-order valence-electron chi connectivity index (χ0n) is 13.5. The van der Waals surface area contributed by atoms with E-state index in [0.29, 0.717) is 39.8 Å². The van der Waals surface area contributed by atoms with Crippen LogP contribution in [0.15, 0.2) is 46.0 Å². The molecule has 2 aromatic rings. The molecule has 0 spiro atoms. The molecule has 0 aromatic heterocycles. The van der Waals surface area contributed by atoms with Crippen LogP contribution in [0.3, 0.4) is 0 Å². The lowest BCUT2D eigenvalue weighted by Crippen LogP contribution is -2.24. The summed E-state index contributed by atoms with van der Waals surface area (Å²) in [5.41, 5.74) is 8.80. The summed E-state index contributed by atoms with van der Waals surface area (Å²) >= 11 is 9.36. The number of carbonyl (C=O) groups excluding carboxylic acids is 1. The van der Waals surface area contributed by atoms with E-state index < -0.39 is 6.03 Å². The van der Waals surface area contributed by atoms with Gasteiger partial charge in [-0.3, -0.25) is 0 Å². The Kier molecular flexibility index (Phi) is 7.09. The molecule has 2 amide bonds. The number of hydrogen-bond donors (Lipinski definition) is 2. The first-order chi connectivity index (χ1) is 12.0. The highest BCUT2D eigenvalue weighted by atomic mass is 79.9.